The zero-order valence-corrected chi connectivity index (χ0v) is 25.1. The number of ether oxygens (including phenoxy) is 2. The Morgan fingerprint density at radius 1 is 0.977 bits per heavy atom. The van der Waals surface area contributed by atoms with Crippen molar-refractivity contribution in [2.24, 2.45) is 0 Å². The van der Waals surface area contributed by atoms with Crippen molar-refractivity contribution in [3.63, 3.8) is 0 Å². The maximum absolute atomic E-state index is 13.7. The first kappa shape index (κ1) is 32.1. The van der Waals surface area contributed by atoms with Gasteiger partial charge in [-0.25, -0.2) is 12.8 Å². The van der Waals surface area contributed by atoms with E-state index < -0.39 is 27.8 Å². The zero-order chi connectivity index (χ0) is 30.7. The molecule has 0 unspecified atom stereocenters. The molecule has 1 aliphatic heterocycles. The van der Waals surface area contributed by atoms with Gasteiger partial charge in [-0.05, 0) is 53.9 Å². The molecule has 4 rings (SSSR count). The molecule has 0 spiro atoms. The minimum absolute atomic E-state index is 0.0674. The minimum atomic E-state index is -3.67. The normalized spacial score (nSPS) is 14.6. The summed E-state index contributed by atoms with van der Waals surface area (Å²) in [7, 11) is -3.67. The van der Waals surface area contributed by atoms with Gasteiger partial charge in [-0.1, -0.05) is 55.8 Å². The molecule has 0 aromatic heterocycles. The molecule has 9 nitrogen and oxygen atoms in total. The van der Waals surface area contributed by atoms with E-state index in [-0.39, 0.29) is 43.5 Å². The van der Waals surface area contributed by atoms with Crippen molar-refractivity contribution < 1.29 is 31.9 Å². The van der Waals surface area contributed by atoms with Crippen LogP contribution in [-0.2, 0) is 37.3 Å². The molecule has 1 aliphatic rings. The summed E-state index contributed by atoms with van der Waals surface area (Å²) in [5, 5.41) is 2.95. The predicted molar refractivity (Wildman–Crippen MR) is 160 cm³/mol. The molecular weight excluding hydrogens is 573 g/mol. The first-order chi connectivity index (χ1) is 20.8. The van der Waals surface area contributed by atoms with Gasteiger partial charge < -0.3 is 19.7 Å². The van der Waals surface area contributed by atoms with E-state index in [1.54, 1.807) is 12.1 Å². The first-order valence-electron chi connectivity index (χ1n) is 14.4. The quantitative estimate of drug-likeness (QED) is 0.278. The van der Waals surface area contributed by atoms with Crippen LogP contribution in [0.5, 0.6) is 5.75 Å². The average molecular weight is 612 g/mol. The Kier molecular flexibility index (Phi) is 11.7. The summed E-state index contributed by atoms with van der Waals surface area (Å²) in [5.74, 6) is -0.823. The van der Waals surface area contributed by atoms with Gasteiger partial charge in [0.15, 0.2) is 6.61 Å². The van der Waals surface area contributed by atoms with Gasteiger partial charge in [0, 0.05) is 32.6 Å². The highest BCUT2D eigenvalue weighted by Crippen LogP contribution is 2.21. The molecule has 3 aromatic carbocycles. The molecule has 1 atom stereocenters. The van der Waals surface area contributed by atoms with Crippen molar-refractivity contribution in [2.45, 2.75) is 43.7 Å². The Balaban J connectivity index is 1.53. The van der Waals surface area contributed by atoms with Crippen molar-refractivity contribution in [3.8, 4) is 5.75 Å². The van der Waals surface area contributed by atoms with Gasteiger partial charge in [-0.2, -0.15) is 4.31 Å². The van der Waals surface area contributed by atoms with E-state index in [9.17, 15) is 22.4 Å². The summed E-state index contributed by atoms with van der Waals surface area (Å²) in [4.78, 5) is 28.8. The van der Waals surface area contributed by atoms with Crippen LogP contribution >= 0.6 is 0 Å². The Labute approximate surface area is 252 Å². The number of nitrogens with zero attached hydrogens (tertiary/aromatic N) is 2. The van der Waals surface area contributed by atoms with Crippen LogP contribution in [0.25, 0.3) is 0 Å². The van der Waals surface area contributed by atoms with Gasteiger partial charge in [-0.15, -0.1) is 0 Å². The van der Waals surface area contributed by atoms with Gasteiger partial charge in [0.25, 0.3) is 5.91 Å². The topological polar surface area (TPSA) is 105 Å². The number of halogens is 1. The molecule has 0 aliphatic carbocycles. The Hall–Kier alpha value is -3.80. The summed E-state index contributed by atoms with van der Waals surface area (Å²) in [6, 6.07) is 20.3. The highest BCUT2D eigenvalue weighted by Gasteiger charge is 2.31. The maximum atomic E-state index is 13.7. The van der Waals surface area contributed by atoms with E-state index in [1.807, 2.05) is 37.3 Å². The van der Waals surface area contributed by atoms with Crippen molar-refractivity contribution in [2.75, 3.05) is 39.5 Å². The SMILES string of the molecule is CCCCNC(=O)[C@@H](Cc1ccccc1)N(Cc1ccc(F)cc1)C(=O)COc1ccc(S(=O)(=O)N2CCOCC2)cc1. The Morgan fingerprint density at radius 3 is 2.30 bits per heavy atom. The van der Waals surface area contributed by atoms with Crippen molar-refractivity contribution in [1.29, 1.82) is 0 Å². The van der Waals surface area contributed by atoms with Crippen LogP contribution in [0.1, 0.15) is 30.9 Å². The molecular formula is C32H38FN3O6S. The second kappa shape index (κ2) is 15.6. The van der Waals surface area contributed by atoms with Gasteiger partial charge in [0.1, 0.15) is 17.6 Å². The van der Waals surface area contributed by atoms with Gasteiger partial charge >= 0.3 is 0 Å². The van der Waals surface area contributed by atoms with Crippen LogP contribution in [0.3, 0.4) is 0 Å². The van der Waals surface area contributed by atoms with Crippen molar-refractivity contribution in [3.05, 3.63) is 95.8 Å². The van der Waals surface area contributed by atoms with Gasteiger partial charge in [-0.3, -0.25) is 9.59 Å². The summed E-state index contributed by atoms with van der Waals surface area (Å²) in [5.41, 5.74) is 1.54. The van der Waals surface area contributed by atoms with Crippen LogP contribution in [0.2, 0.25) is 0 Å². The third-order valence-corrected chi connectivity index (χ3v) is 9.07. The average Bonchev–Trinajstić information content (AvgIpc) is 3.03. The van der Waals surface area contributed by atoms with Crippen molar-refractivity contribution in [1.82, 2.24) is 14.5 Å². The number of unbranched alkanes of at least 4 members (excludes halogenated alkanes) is 1. The van der Waals surface area contributed by atoms with Crippen LogP contribution in [-0.4, -0.2) is 74.9 Å². The largest absolute Gasteiger partial charge is 0.484 e. The second-order valence-corrected chi connectivity index (χ2v) is 12.2. The summed E-state index contributed by atoms with van der Waals surface area (Å²) in [6.07, 6.45) is 1.98. The number of carbonyl (C=O) groups is 2. The number of nitrogens with one attached hydrogen (secondary N) is 1. The maximum Gasteiger partial charge on any atom is 0.261 e. The Morgan fingerprint density at radius 2 is 1.65 bits per heavy atom. The van der Waals surface area contributed by atoms with Gasteiger partial charge in [0.2, 0.25) is 15.9 Å². The van der Waals surface area contributed by atoms with Gasteiger partial charge in [0.05, 0.1) is 18.1 Å². The van der Waals surface area contributed by atoms with Crippen LogP contribution in [0.15, 0.2) is 83.8 Å². The van der Waals surface area contributed by atoms with Crippen LogP contribution < -0.4 is 10.1 Å². The first-order valence-corrected chi connectivity index (χ1v) is 15.9. The summed E-state index contributed by atoms with van der Waals surface area (Å²) < 4.78 is 51.9. The molecule has 1 heterocycles. The summed E-state index contributed by atoms with van der Waals surface area (Å²) >= 11 is 0. The molecule has 1 fully saturated rings. The second-order valence-electron chi connectivity index (χ2n) is 10.3. The highest BCUT2D eigenvalue weighted by atomic mass is 32.2. The van der Waals surface area contributed by atoms with Crippen LogP contribution in [0.4, 0.5) is 4.39 Å². The molecule has 3 aromatic rings. The lowest BCUT2D eigenvalue weighted by molar-refractivity contribution is -0.142. The van der Waals surface area contributed by atoms with E-state index >= 15 is 0 Å². The standard InChI is InChI=1S/C32H38FN3O6S/c1-2-3-17-34-32(38)30(22-25-7-5-4-6-8-25)36(23-26-9-11-27(33)12-10-26)31(37)24-42-28-13-15-29(16-14-28)43(39,40)35-18-20-41-21-19-35/h4-16,30H,2-3,17-24H2,1H3,(H,34,38)/t30-/m1/s1. The fourth-order valence-corrected chi connectivity index (χ4v) is 6.13. The lowest BCUT2D eigenvalue weighted by atomic mass is 10.0. The smallest absolute Gasteiger partial charge is 0.261 e. The third kappa shape index (κ3) is 9.09. The molecule has 0 radical (unpaired) electrons. The molecule has 2 amide bonds. The lowest BCUT2D eigenvalue weighted by Crippen LogP contribution is -2.51. The number of hydrogen-bond donors (Lipinski definition) is 1. The zero-order valence-electron chi connectivity index (χ0n) is 24.3. The molecule has 1 N–H and O–H groups in total. The highest BCUT2D eigenvalue weighted by molar-refractivity contribution is 7.89. The number of benzene rings is 3. The molecule has 1 saturated heterocycles. The monoisotopic (exact) mass is 611 g/mol. The summed E-state index contributed by atoms with van der Waals surface area (Å²) in [6.45, 7) is 3.46. The Bertz CT molecular complexity index is 1430. The third-order valence-electron chi connectivity index (χ3n) is 7.16. The lowest BCUT2D eigenvalue weighted by Gasteiger charge is -2.31. The number of morpholine rings is 1. The molecule has 0 saturated carbocycles. The molecule has 0 bridgehead atoms. The van der Waals surface area contributed by atoms with E-state index in [2.05, 4.69) is 5.32 Å². The van der Waals surface area contributed by atoms with Crippen molar-refractivity contribution >= 4 is 21.8 Å². The fourth-order valence-electron chi connectivity index (χ4n) is 4.72. The minimum Gasteiger partial charge on any atom is -0.484 e. The predicted octanol–water partition coefficient (Wildman–Crippen LogP) is 3.78. The number of hydrogen-bond acceptors (Lipinski definition) is 6. The van der Waals surface area contributed by atoms with E-state index in [0.717, 1.165) is 18.4 Å². The number of amides is 2. The fraction of sp³-hybridized carbons (Fsp3) is 0.375. The van der Waals surface area contributed by atoms with Crippen LogP contribution in [0, 0.1) is 5.82 Å². The van der Waals surface area contributed by atoms with E-state index in [1.165, 1.54) is 45.6 Å². The number of sulfonamides is 1. The van der Waals surface area contributed by atoms with E-state index in [4.69, 9.17) is 9.47 Å². The number of rotatable bonds is 14. The molecule has 11 heteroatoms. The molecule has 43 heavy (non-hydrogen) atoms. The molecule has 230 valence electrons. The van der Waals surface area contributed by atoms with E-state index in [0.29, 0.717) is 31.1 Å². The number of carbonyl (C=O) groups excluding carboxylic acids is 2.